The summed E-state index contributed by atoms with van der Waals surface area (Å²) in [6.07, 6.45) is 12.3. The maximum Gasteiger partial charge on any atom is 0.0113 e. The first kappa shape index (κ1) is 18.9. The molecule has 0 spiro atoms. The second kappa shape index (κ2) is 12.4. The van der Waals surface area contributed by atoms with Crippen molar-refractivity contribution in [2.75, 3.05) is 39.3 Å². The summed E-state index contributed by atoms with van der Waals surface area (Å²) in [7, 11) is 0. The van der Waals surface area contributed by atoms with Crippen molar-refractivity contribution >= 4 is 0 Å². The Balaban J connectivity index is 2.02. The molecule has 2 N–H and O–H groups in total. The van der Waals surface area contributed by atoms with Crippen LogP contribution in [0.3, 0.4) is 0 Å². The summed E-state index contributed by atoms with van der Waals surface area (Å²) in [6, 6.07) is 0.718. The van der Waals surface area contributed by atoms with Gasteiger partial charge in [0.25, 0.3) is 0 Å². The monoisotopic (exact) mass is 297 g/mol. The first-order valence-corrected chi connectivity index (χ1v) is 9.48. The molecule has 0 saturated carbocycles. The fourth-order valence-electron chi connectivity index (χ4n) is 3.48. The SMILES string of the molecule is CCCCCCCCCN1CCN(C(CC)CCN)CC1. The molecule has 0 aromatic carbocycles. The third-order valence-electron chi connectivity index (χ3n) is 4.97. The lowest BCUT2D eigenvalue weighted by molar-refractivity contribution is 0.0900. The summed E-state index contributed by atoms with van der Waals surface area (Å²) in [5.74, 6) is 0. The Labute approximate surface area is 133 Å². The summed E-state index contributed by atoms with van der Waals surface area (Å²) >= 11 is 0. The highest BCUT2D eigenvalue weighted by Gasteiger charge is 2.21. The maximum atomic E-state index is 5.73. The highest BCUT2D eigenvalue weighted by atomic mass is 15.3. The Hall–Kier alpha value is -0.120. The van der Waals surface area contributed by atoms with Gasteiger partial charge in [-0.2, -0.15) is 0 Å². The highest BCUT2D eigenvalue weighted by molar-refractivity contribution is 4.78. The fraction of sp³-hybridized carbons (Fsp3) is 1.00. The number of unbranched alkanes of at least 4 members (excludes halogenated alkanes) is 6. The van der Waals surface area contributed by atoms with Crippen LogP contribution in [0.25, 0.3) is 0 Å². The molecule has 0 aromatic rings. The minimum absolute atomic E-state index is 0.718. The van der Waals surface area contributed by atoms with Crippen molar-refractivity contribution in [3.05, 3.63) is 0 Å². The van der Waals surface area contributed by atoms with Crippen molar-refractivity contribution in [1.29, 1.82) is 0 Å². The third kappa shape index (κ3) is 8.18. The van der Waals surface area contributed by atoms with E-state index in [1.54, 1.807) is 0 Å². The van der Waals surface area contributed by atoms with E-state index in [1.165, 1.54) is 84.1 Å². The van der Waals surface area contributed by atoms with Crippen molar-refractivity contribution in [3.8, 4) is 0 Å². The molecule has 3 heteroatoms. The predicted octanol–water partition coefficient (Wildman–Crippen LogP) is 3.48. The summed E-state index contributed by atoms with van der Waals surface area (Å²) in [5, 5.41) is 0. The van der Waals surface area contributed by atoms with E-state index in [0.717, 1.165) is 19.0 Å². The zero-order valence-corrected chi connectivity index (χ0v) is 14.7. The van der Waals surface area contributed by atoms with E-state index < -0.39 is 0 Å². The number of nitrogens with two attached hydrogens (primary N) is 1. The second-order valence-corrected chi connectivity index (χ2v) is 6.64. The zero-order chi connectivity index (χ0) is 15.3. The lowest BCUT2D eigenvalue weighted by atomic mass is 10.1. The van der Waals surface area contributed by atoms with E-state index in [4.69, 9.17) is 5.73 Å². The second-order valence-electron chi connectivity index (χ2n) is 6.64. The van der Waals surface area contributed by atoms with E-state index in [9.17, 15) is 0 Å². The molecule has 1 atom stereocenters. The Morgan fingerprint density at radius 2 is 1.48 bits per heavy atom. The molecule has 0 radical (unpaired) electrons. The minimum atomic E-state index is 0.718. The summed E-state index contributed by atoms with van der Waals surface area (Å²) in [6.45, 7) is 11.7. The van der Waals surface area contributed by atoms with Crippen LogP contribution in [0.1, 0.15) is 71.6 Å². The molecule has 1 unspecified atom stereocenters. The number of piperazine rings is 1. The van der Waals surface area contributed by atoms with Gasteiger partial charge < -0.3 is 10.6 Å². The van der Waals surface area contributed by atoms with E-state index in [2.05, 4.69) is 23.6 Å². The van der Waals surface area contributed by atoms with Gasteiger partial charge in [-0.1, -0.05) is 52.4 Å². The van der Waals surface area contributed by atoms with Crippen molar-refractivity contribution in [2.24, 2.45) is 5.73 Å². The van der Waals surface area contributed by atoms with Crippen LogP contribution in [0.4, 0.5) is 0 Å². The molecule has 0 aromatic heterocycles. The first-order chi connectivity index (χ1) is 10.3. The van der Waals surface area contributed by atoms with Gasteiger partial charge in [-0.15, -0.1) is 0 Å². The van der Waals surface area contributed by atoms with Gasteiger partial charge in [-0.3, -0.25) is 4.90 Å². The normalized spacial score (nSPS) is 19.0. The van der Waals surface area contributed by atoms with Gasteiger partial charge in [0.05, 0.1) is 0 Å². The molecule has 1 aliphatic heterocycles. The molecule has 1 saturated heterocycles. The lowest BCUT2D eigenvalue weighted by Gasteiger charge is -2.39. The summed E-state index contributed by atoms with van der Waals surface area (Å²) in [4.78, 5) is 5.33. The average molecular weight is 298 g/mol. The van der Waals surface area contributed by atoms with Gasteiger partial charge in [0.15, 0.2) is 0 Å². The Kier molecular flexibility index (Phi) is 11.2. The van der Waals surface area contributed by atoms with Crippen LogP contribution in [-0.4, -0.2) is 55.1 Å². The number of rotatable bonds is 12. The van der Waals surface area contributed by atoms with Gasteiger partial charge in [0.2, 0.25) is 0 Å². The third-order valence-corrected chi connectivity index (χ3v) is 4.97. The zero-order valence-electron chi connectivity index (χ0n) is 14.7. The Morgan fingerprint density at radius 1 is 0.857 bits per heavy atom. The molecule has 1 rings (SSSR count). The van der Waals surface area contributed by atoms with Crippen LogP contribution in [0.15, 0.2) is 0 Å². The van der Waals surface area contributed by atoms with Crippen LogP contribution >= 0.6 is 0 Å². The number of hydrogen-bond donors (Lipinski definition) is 1. The largest absolute Gasteiger partial charge is 0.330 e. The van der Waals surface area contributed by atoms with Gasteiger partial charge in [-0.05, 0) is 32.4 Å². The molecule has 126 valence electrons. The van der Waals surface area contributed by atoms with Gasteiger partial charge in [-0.25, -0.2) is 0 Å². The molecule has 0 aliphatic carbocycles. The van der Waals surface area contributed by atoms with Crippen LogP contribution in [0.5, 0.6) is 0 Å². The number of hydrogen-bond acceptors (Lipinski definition) is 3. The van der Waals surface area contributed by atoms with Gasteiger partial charge in [0.1, 0.15) is 0 Å². The number of nitrogens with zero attached hydrogens (tertiary/aromatic N) is 2. The van der Waals surface area contributed by atoms with E-state index >= 15 is 0 Å². The lowest BCUT2D eigenvalue weighted by Crippen LogP contribution is -2.50. The predicted molar refractivity (Wildman–Crippen MR) is 93.8 cm³/mol. The van der Waals surface area contributed by atoms with Gasteiger partial charge in [0, 0.05) is 32.2 Å². The smallest absolute Gasteiger partial charge is 0.0113 e. The molecule has 0 bridgehead atoms. The van der Waals surface area contributed by atoms with Crippen LogP contribution in [0, 0.1) is 0 Å². The van der Waals surface area contributed by atoms with Gasteiger partial charge >= 0.3 is 0 Å². The fourth-order valence-corrected chi connectivity index (χ4v) is 3.48. The molecular weight excluding hydrogens is 258 g/mol. The maximum absolute atomic E-state index is 5.73. The highest BCUT2D eigenvalue weighted by Crippen LogP contribution is 2.13. The molecule has 1 aliphatic rings. The standard InChI is InChI=1S/C18H39N3/c1-3-5-6-7-8-9-10-13-20-14-16-21(17-15-20)18(4-2)11-12-19/h18H,3-17,19H2,1-2H3. The van der Waals surface area contributed by atoms with E-state index in [1.807, 2.05) is 0 Å². The summed E-state index contributed by atoms with van der Waals surface area (Å²) < 4.78 is 0. The van der Waals surface area contributed by atoms with Crippen molar-refractivity contribution in [3.63, 3.8) is 0 Å². The Morgan fingerprint density at radius 3 is 2.05 bits per heavy atom. The summed E-state index contributed by atoms with van der Waals surface area (Å²) in [5.41, 5.74) is 5.73. The molecule has 21 heavy (non-hydrogen) atoms. The quantitative estimate of drug-likeness (QED) is 0.560. The van der Waals surface area contributed by atoms with Crippen LogP contribution in [-0.2, 0) is 0 Å². The molecule has 3 nitrogen and oxygen atoms in total. The van der Waals surface area contributed by atoms with Crippen LogP contribution in [0.2, 0.25) is 0 Å². The average Bonchev–Trinajstić information content (AvgIpc) is 2.52. The van der Waals surface area contributed by atoms with Crippen molar-refractivity contribution in [1.82, 2.24) is 9.80 Å². The minimum Gasteiger partial charge on any atom is -0.330 e. The van der Waals surface area contributed by atoms with Crippen LogP contribution < -0.4 is 5.73 Å². The molecule has 1 fully saturated rings. The van der Waals surface area contributed by atoms with Crippen molar-refractivity contribution < 1.29 is 0 Å². The van der Waals surface area contributed by atoms with E-state index in [0.29, 0.717) is 0 Å². The Bertz CT molecular complexity index is 225. The molecular formula is C18H39N3. The molecule has 1 heterocycles. The first-order valence-electron chi connectivity index (χ1n) is 9.48. The topological polar surface area (TPSA) is 32.5 Å². The van der Waals surface area contributed by atoms with Crippen molar-refractivity contribution in [2.45, 2.75) is 77.7 Å². The van der Waals surface area contributed by atoms with E-state index in [-0.39, 0.29) is 0 Å². The molecule has 0 amide bonds.